The van der Waals surface area contributed by atoms with Crippen LogP contribution in [-0.4, -0.2) is 29.9 Å². The Hall–Kier alpha value is -1.80. The fourth-order valence-corrected chi connectivity index (χ4v) is 3.20. The first kappa shape index (κ1) is 21.4. The van der Waals surface area contributed by atoms with Crippen LogP contribution in [0.5, 0.6) is 0 Å². The van der Waals surface area contributed by atoms with Gasteiger partial charge in [0.2, 0.25) is 0 Å². The molecule has 4 aromatic rings. The number of rotatable bonds is 3. The number of aromatic nitrogens is 6. The lowest BCUT2D eigenvalue weighted by molar-refractivity contribution is 1.06. The van der Waals surface area contributed by atoms with E-state index in [-0.39, 0.29) is 30.5 Å². The van der Waals surface area contributed by atoms with Gasteiger partial charge in [-0.3, -0.25) is 0 Å². The van der Waals surface area contributed by atoms with E-state index in [0.29, 0.717) is 34.2 Å². The molecule has 6 nitrogen and oxygen atoms in total. The number of halogens is 6. The molecule has 30 heavy (non-hydrogen) atoms. The van der Waals surface area contributed by atoms with Gasteiger partial charge in [-0.05, 0) is 18.2 Å². The molecule has 0 aliphatic carbocycles. The second-order valence-corrected chi connectivity index (χ2v) is 8.09. The smallest absolute Gasteiger partial charge is 0.165 e. The molecule has 0 aromatic carbocycles. The van der Waals surface area contributed by atoms with Gasteiger partial charge in [0, 0.05) is 35.3 Å². The van der Waals surface area contributed by atoms with E-state index in [2.05, 4.69) is 29.9 Å². The minimum absolute atomic E-state index is 0.164. The van der Waals surface area contributed by atoms with Crippen LogP contribution in [0.3, 0.4) is 0 Å². The monoisotopic (exact) mass is 516 g/mol. The van der Waals surface area contributed by atoms with E-state index in [1.807, 2.05) is 0 Å². The summed E-state index contributed by atoms with van der Waals surface area (Å²) < 4.78 is 0. The lowest BCUT2D eigenvalue weighted by Gasteiger charge is -2.09. The van der Waals surface area contributed by atoms with Crippen LogP contribution >= 0.6 is 69.6 Å². The van der Waals surface area contributed by atoms with Crippen molar-refractivity contribution in [1.82, 2.24) is 29.9 Å². The van der Waals surface area contributed by atoms with Crippen LogP contribution in [0.4, 0.5) is 0 Å². The maximum Gasteiger partial charge on any atom is 0.165 e. The van der Waals surface area contributed by atoms with Gasteiger partial charge in [-0.25, -0.2) is 29.9 Å². The van der Waals surface area contributed by atoms with E-state index >= 15 is 0 Å². The van der Waals surface area contributed by atoms with Crippen molar-refractivity contribution in [1.29, 1.82) is 0 Å². The molecule has 150 valence electrons. The maximum absolute atomic E-state index is 6.10. The van der Waals surface area contributed by atoms with E-state index < -0.39 is 0 Å². The minimum atomic E-state index is 0.164. The highest BCUT2D eigenvalue weighted by atomic mass is 35.5. The lowest BCUT2D eigenvalue weighted by Crippen LogP contribution is -2.01. The van der Waals surface area contributed by atoms with E-state index in [9.17, 15) is 0 Å². The first-order valence-corrected chi connectivity index (χ1v) is 10.3. The van der Waals surface area contributed by atoms with Crippen molar-refractivity contribution in [3.63, 3.8) is 0 Å². The highest BCUT2D eigenvalue weighted by Crippen LogP contribution is 2.31. The Bertz CT molecular complexity index is 1110. The number of nitrogens with zero attached hydrogens (tertiary/aromatic N) is 6. The molecule has 0 fully saturated rings. The van der Waals surface area contributed by atoms with Crippen molar-refractivity contribution in [2.45, 2.75) is 0 Å². The third-order valence-corrected chi connectivity index (χ3v) is 5.86. The topological polar surface area (TPSA) is 77.3 Å². The Labute approximate surface area is 200 Å². The molecule has 4 heterocycles. The molecule has 0 saturated carbocycles. The molecule has 0 saturated heterocycles. The summed E-state index contributed by atoms with van der Waals surface area (Å²) in [4.78, 5) is 25.6. The van der Waals surface area contributed by atoms with Crippen molar-refractivity contribution < 1.29 is 0 Å². The standard InChI is InChI=1S/C18H6Cl6N6/c19-10-1-7(4-25-13(10)22)16-28-17(8-2-11(20)14(23)26-5-8)30-18(29-16)9-3-12(21)15(24)27-6-9/h1-6H. The highest BCUT2D eigenvalue weighted by Gasteiger charge is 2.16. The van der Waals surface area contributed by atoms with E-state index in [4.69, 9.17) is 69.6 Å². The first-order chi connectivity index (χ1) is 14.3. The fraction of sp³-hybridized carbons (Fsp3) is 0. The molecule has 4 aromatic heterocycles. The predicted molar refractivity (Wildman–Crippen MR) is 120 cm³/mol. The molecule has 12 heteroatoms. The summed E-state index contributed by atoms with van der Waals surface area (Å²) in [5.41, 5.74) is 1.57. The van der Waals surface area contributed by atoms with Gasteiger partial charge in [0.15, 0.2) is 17.5 Å². The first-order valence-electron chi connectivity index (χ1n) is 8.02. The fourth-order valence-electron chi connectivity index (χ4n) is 2.39. The molecule has 0 unspecified atom stereocenters. The van der Waals surface area contributed by atoms with Gasteiger partial charge in [-0.2, -0.15) is 0 Å². The average Bonchev–Trinajstić information content (AvgIpc) is 2.73. The zero-order chi connectivity index (χ0) is 21.4. The number of hydrogen-bond donors (Lipinski definition) is 0. The van der Waals surface area contributed by atoms with E-state index in [0.717, 1.165) is 0 Å². The van der Waals surface area contributed by atoms with Crippen LogP contribution in [0.2, 0.25) is 30.5 Å². The van der Waals surface area contributed by atoms with Gasteiger partial charge in [-0.1, -0.05) is 69.6 Å². The quantitative estimate of drug-likeness (QED) is 0.272. The molecule has 0 N–H and O–H groups in total. The van der Waals surface area contributed by atoms with Gasteiger partial charge in [-0.15, -0.1) is 0 Å². The van der Waals surface area contributed by atoms with Crippen LogP contribution in [0.15, 0.2) is 36.8 Å². The number of hydrogen-bond acceptors (Lipinski definition) is 6. The third kappa shape index (κ3) is 4.44. The van der Waals surface area contributed by atoms with Crippen LogP contribution < -0.4 is 0 Å². The largest absolute Gasteiger partial charge is 0.242 e. The second-order valence-electron chi connectivity index (χ2n) is 5.80. The normalized spacial score (nSPS) is 11.0. The van der Waals surface area contributed by atoms with Crippen LogP contribution in [0.25, 0.3) is 34.2 Å². The van der Waals surface area contributed by atoms with Crippen molar-refractivity contribution >= 4 is 69.6 Å². The minimum Gasteiger partial charge on any atom is -0.242 e. The van der Waals surface area contributed by atoms with Gasteiger partial charge in [0.05, 0.1) is 15.1 Å². The summed E-state index contributed by atoms with van der Waals surface area (Å²) in [5.74, 6) is 0.870. The van der Waals surface area contributed by atoms with Crippen molar-refractivity contribution in [2.24, 2.45) is 0 Å². The SMILES string of the molecule is Clc1cc(-c2nc(-c3cnc(Cl)c(Cl)c3)nc(-c3cnc(Cl)c(Cl)c3)n2)cnc1Cl. The molecule has 0 aliphatic heterocycles. The molecule has 0 spiro atoms. The van der Waals surface area contributed by atoms with Crippen LogP contribution in [0.1, 0.15) is 0 Å². The van der Waals surface area contributed by atoms with Crippen molar-refractivity contribution in [2.75, 3.05) is 0 Å². The summed E-state index contributed by atoms with van der Waals surface area (Å²) in [6.07, 6.45) is 4.49. The third-order valence-electron chi connectivity index (χ3n) is 3.80. The Morgan fingerprint density at radius 1 is 0.433 bits per heavy atom. The van der Waals surface area contributed by atoms with Gasteiger partial charge >= 0.3 is 0 Å². The Morgan fingerprint density at radius 3 is 0.933 bits per heavy atom. The summed E-state index contributed by atoms with van der Waals surface area (Å²) >= 11 is 36.1. The summed E-state index contributed by atoms with van der Waals surface area (Å²) in [6, 6.07) is 4.79. The lowest BCUT2D eigenvalue weighted by atomic mass is 10.2. The highest BCUT2D eigenvalue weighted by molar-refractivity contribution is 6.42. The van der Waals surface area contributed by atoms with Crippen LogP contribution in [-0.2, 0) is 0 Å². The molecule has 0 atom stereocenters. The molecule has 0 aliphatic rings. The molecule has 4 rings (SSSR count). The zero-order valence-electron chi connectivity index (χ0n) is 14.4. The maximum atomic E-state index is 6.10. The zero-order valence-corrected chi connectivity index (χ0v) is 19.0. The molecule has 0 amide bonds. The molecular weight excluding hydrogens is 513 g/mol. The van der Waals surface area contributed by atoms with Crippen molar-refractivity contribution in [3.05, 3.63) is 67.3 Å². The van der Waals surface area contributed by atoms with Gasteiger partial charge < -0.3 is 0 Å². The molecule has 0 radical (unpaired) electrons. The van der Waals surface area contributed by atoms with E-state index in [1.54, 1.807) is 18.2 Å². The van der Waals surface area contributed by atoms with Gasteiger partial charge in [0.25, 0.3) is 0 Å². The number of pyridine rings is 3. The van der Waals surface area contributed by atoms with Crippen LogP contribution in [0, 0.1) is 0 Å². The summed E-state index contributed by atoms with van der Waals surface area (Å²) in [7, 11) is 0. The van der Waals surface area contributed by atoms with Gasteiger partial charge in [0.1, 0.15) is 15.5 Å². The van der Waals surface area contributed by atoms with E-state index in [1.165, 1.54) is 18.6 Å². The van der Waals surface area contributed by atoms with Crippen molar-refractivity contribution in [3.8, 4) is 34.2 Å². The molecular formula is C18H6Cl6N6. The Morgan fingerprint density at radius 2 is 0.700 bits per heavy atom. The Kier molecular flexibility index (Phi) is 6.25. The summed E-state index contributed by atoms with van der Waals surface area (Å²) in [5, 5.41) is 1.26. The summed E-state index contributed by atoms with van der Waals surface area (Å²) in [6.45, 7) is 0. The average molecular weight is 519 g/mol. The molecule has 0 bridgehead atoms. The predicted octanol–water partition coefficient (Wildman–Crippen LogP) is 6.98. The second kappa shape index (κ2) is 8.75. The Balaban J connectivity index is 1.94.